The van der Waals surface area contributed by atoms with E-state index in [1.54, 1.807) is 0 Å². The summed E-state index contributed by atoms with van der Waals surface area (Å²) in [5, 5.41) is 3.55. The minimum absolute atomic E-state index is 0.366. The summed E-state index contributed by atoms with van der Waals surface area (Å²) in [5.41, 5.74) is 0. The number of carbonyl (C=O) groups excluding carboxylic acids is 1. The first-order valence-corrected chi connectivity index (χ1v) is 8.69. The van der Waals surface area contributed by atoms with E-state index in [-0.39, 0.29) is 0 Å². The fourth-order valence-electron chi connectivity index (χ4n) is 4.94. The molecule has 3 aliphatic carbocycles. The smallest absolute Gasteiger partial charge is 0.225 e. The molecule has 3 fully saturated rings. The van der Waals surface area contributed by atoms with Crippen LogP contribution < -0.4 is 5.32 Å². The van der Waals surface area contributed by atoms with Gasteiger partial charge >= 0.3 is 0 Å². The molecular formula is C17H30N2O. The molecule has 2 bridgehead atoms. The average Bonchev–Trinajstić information content (AvgIpc) is 3.09. The van der Waals surface area contributed by atoms with Crippen molar-refractivity contribution in [1.82, 2.24) is 10.2 Å². The molecule has 0 aromatic carbocycles. The zero-order chi connectivity index (χ0) is 14.1. The van der Waals surface area contributed by atoms with E-state index in [0.717, 1.165) is 12.5 Å². The van der Waals surface area contributed by atoms with Crippen molar-refractivity contribution in [2.75, 3.05) is 13.6 Å². The van der Waals surface area contributed by atoms with E-state index >= 15 is 0 Å². The number of hydrogen-bond donors (Lipinski definition) is 1. The average molecular weight is 278 g/mol. The van der Waals surface area contributed by atoms with Crippen molar-refractivity contribution >= 4 is 5.91 Å². The van der Waals surface area contributed by atoms with Gasteiger partial charge in [0.1, 0.15) is 0 Å². The van der Waals surface area contributed by atoms with Crippen molar-refractivity contribution in [2.45, 2.75) is 70.4 Å². The summed E-state index contributed by atoms with van der Waals surface area (Å²) >= 11 is 0. The third-order valence-electron chi connectivity index (χ3n) is 6.14. The van der Waals surface area contributed by atoms with Crippen molar-refractivity contribution in [3.63, 3.8) is 0 Å². The van der Waals surface area contributed by atoms with Crippen LogP contribution in [0.2, 0.25) is 0 Å². The lowest BCUT2D eigenvalue weighted by Crippen LogP contribution is -2.46. The maximum Gasteiger partial charge on any atom is 0.225 e. The van der Waals surface area contributed by atoms with Gasteiger partial charge in [0.25, 0.3) is 0 Å². The lowest BCUT2D eigenvalue weighted by Gasteiger charge is -2.37. The molecule has 3 heteroatoms. The first kappa shape index (κ1) is 14.4. The van der Waals surface area contributed by atoms with Crippen LogP contribution in [0.25, 0.3) is 0 Å². The highest BCUT2D eigenvalue weighted by Crippen LogP contribution is 2.49. The molecule has 3 saturated carbocycles. The Morgan fingerprint density at radius 2 is 1.85 bits per heavy atom. The Bertz CT molecular complexity index is 349. The number of nitrogens with one attached hydrogen (secondary N) is 1. The molecule has 3 aliphatic rings. The third-order valence-corrected chi connectivity index (χ3v) is 6.14. The van der Waals surface area contributed by atoms with Crippen LogP contribution in [0.5, 0.6) is 0 Å². The van der Waals surface area contributed by atoms with Gasteiger partial charge in [0.2, 0.25) is 5.91 Å². The van der Waals surface area contributed by atoms with Gasteiger partial charge in [-0.1, -0.05) is 13.3 Å². The molecule has 3 atom stereocenters. The number of rotatable bonds is 4. The molecular weight excluding hydrogens is 248 g/mol. The van der Waals surface area contributed by atoms with Crippen molar-refractivity contribution in [3.8, 4) is 0 Å². The normalized spacial score (nSPS) is 40.0. The van der Waals surface area contributed by atoms with Crippen molar-refractivity contribution in [2.24, 2.45) is 17.8 Å². The second kappa shape index (κ2) is 6.05. The van der Waals surface area contributed by atoms with Crippen LogP contribution in [0.4, 0.5) is 0 Å². The topological polar surface area (TPSA) is 32.3 Å². The summed E-state index contributed by atoms with van der Waals surface area (Å²) in [6.45, 7) is 3.24. The highest BCUT2D eigenvalue weighted by Gasteiger charge is 2.44. The van der Waals surface area contributed by atoms with Crippen LogP contribution in [0.3, 0.4) is 0 Å². The summed E-state index contributed by atoms with van der Waals surface area (Å²) in [5.74, 6) is 2.41. The van der Waals surface area contributed by atoms with Gasteiger partial charge in [-0.25, -0.2) is 0 Å². The largest absolute Gasteiger partial charge is 0.343 e. The Labute approximate surface area is 123 Å². The van der Waals surface area contributed by atoms with E-state index in [1.165, 1.54) is 51.4 Å². The second-order valence-electron chi connectivity index (χ2n) is 7.29. The van der Waals surface area contributed by atoms with E-state index < -0.39 is 0 Å². The van der Waals surface area contributed by atoms with Crippen LogP contribution >= 0.6 is 0 Å². The van der Waals surface area contributed by atoms with Gasteiger partial charge in [-0.15, -0.1) is 0 Å². The van der Waals surface area contributed by atoms with Crippen LogP contribution in [0.1, 0.15) is 58.3 Å². The lowest BCUT2D eigenvalue weighted by atomic mass is 9.85. The van der Waals surface area contributed by atoms with Gasteiger partial charge in [-0.3, -0.25) is 4.79 Å². The summed E-state index contributed by atoms with van der Waals surface area (Å²) in [7, 11) is 2.06. The summed E-state index contributed by atoms with van der Waals surface area (Å²) < 4.78 is 0. The highest BCUT2D eigenvalue weighted by atomic mass is 16.2. The van der Waals surface area contributed by atoms with Crippen molar-refractivity contribution < 1.29 is 4.79 Å². The maximum absolute atomic E-state index is 12.8. The van der Waals surface area contributed by atoms with E-state index in [2.05, 4.69) is 24.2 Å². The van der Waals surface area contributed by atoms with E-state index in [9.17, 15) is 4.79 Å². The standard InChI is InChI=1S/C17H30N2O/c1-3-18-14-6-8-15(9-7-14)19(2)17(20)16-11-12-4-5-13(16)10-12/h12-16,18H,3-11H2,1-2H3. The third kappa shape index (κ3) is 2.74. The van der Waals surface area contributed by atoms with Crippen molar-refractivity contribution in [3.05, 3.63) is 0 Å². The van der Waals surface area contributed by atoms with E-state index in [0.29, 0.717) is 29.8 Å². The molecule has 0 aromatic rings. The molecule has 0 spiro atoms. The van der Waals surface area contributed by atoms with Gasteiger partial charge < -0.3 is 10.2 Å². The fourth-order valence-corrected chi connectivity index (χ4v) is 4.94. The maximum atomic E-state index is 12.8. The number of amides is 1. The molecule has 114 valence electrons. The predicted octanol–water partition coefficient (Wildman–Crippen LogP) is 2.80. The van der Waals surface area contributed by atoms with Gasteiger partial charge in [0.05, 0.1) is 0 Å². The summed E-state index contributed by atoms with van der Waals surface area (Å²) in [6, 6.07) is 1.18. The molecule has 0 aliphatic heterocycles. The zero-order valence-electron chi connectivity index (χ0n) is 13.1. The molecule has 3 nitrogen and oxygen atoms in total. The zero-order valence-corrected chi connectivity index (χ0v) is 13.1. The fraction of sp³-hybridized carbons (Fsp3) is 0.941. The van der Waals surface area contributed by atoms with Crippen LogP contribution in [0.15, 0.2) is 0 Å². The van der Waals surface area contributed by atoms with Crippen molar-refractivity contribution in [1.29, 1.82) is 0 Å². The minimum Gasteiger partial charge on any atom is -0.343 e. The van der Waals surface area contributed by atoms with E-state index in [1.807, 2.05) is 0 Å². The first-order valence-electron chi connectivity index (χ1n) is 8.69. The Morgan fingerprint density at radius 3 is 2.40 bits per heavy atom. The van der Waals surface area contributed by atoms with Crippen LogP contribution in [-0.2, 0) is 4.79 Å². The molecule has 1 N–H and O–H groups in total. The van der Waals surface area contributed by atoms with Gasteiger partial charge in [0, 0.05) is 25.0 Å². The quantitative estimate of drug-likeness (QED) is 0.857. The second-order valence-corrected chi connectivity index (χ2v) is 7.29. The molecule has 3 rings (SSSR count). The molecule has 0 radical (unpaired) electrons. The van der Waals surface area contributed by atoms with Crippen LogP contribution in [0, 0.1) is 17.8 Å². The first-order chi connectivity index (χ1) is 9.69. The monoisotopic (exact) mass is 278 g/mol. The van der Waals surface area contributed by atoms with Gasteiger partial charge in [-0.2, -0.15) is 0 Å². The molecule has 1 amide bonds. The number of carbonyl (C=O) groups is 1. The highest BCUT2D eigenvalue weighted by molar-refractivity contribution is 5.79. The summed E-state index contributed by atoms with van der Waals surface area (Å²) in [4.78, 5) is 14.9. The molecule has 20 heavy (non-hydrogen) atoms. The number of fused-ring (bicyclic) bond motifs is 2. The molecule has 3 unspecified atom stereocenters. The number of hydrogen-bond acceptors (Lipinski definition) is 2. The Balaban J connectivity index is 1.51. The molecule has 0 saturated heterocycles. The molecule has 0 aromatic heterocycles. The van der Waals surface area contributed by atoms with Gasteiger partial charge in [-0.05, 0) is 63.3 Å². The Hall–Kier alpha value is -0.570. The lowest BCUT2D eigenvalue weighted by molar-refractivity contribution is -0.138. The number of nitrogens with zero attached hydrogens (tertiary/aromatic N) is 1. The Morgan fingerprint density at radius 1 is 1.10 bits per heavy atom. The summed E-state index contributed by atoms with van der Waals surface area (Å²) in [6.07, 6.45) is 10.0. The SMILES string of the molecule is CCNC1CCC(N(C)C(=O)C2CC3CCC2C3)CC1. The Kier molecular flexibility index (Phi) is 4.34. The molecule has 0 heterocycles. The predicted molar refractivity (Wildman–Crippen MR) is 81.4 cm³/mol. The van der Waals surface area contributed by atoms with Gasteiger partial charge in [0.15, 0.2) is 0 Å². The van der Waals surface area contributed by atoms with Crippen LogP contribution in [-0.4, -0.2) is 36.5 Å². The van der Waals surface area contributed by atoms with E-state index in [4.69, 9.17) is 0 Å². The minimum atomic E-state index is 0.366.